The van der Waals surface area contributed by atoms with Crippen molar-refractivity contribution in [1.82, 2.24) is 0 Å². The molecule has 0 aliphatic rings. The number of hydrogen-bond donors (Lipinski definition) is 2. The number of halogens is 1. The lowest BCUT2D eigenvalue weighted by molar-refractivity contribution is 0.322. The fourth-order valence-corrected chi connectivity index (χ4v) is 2.28. The summed E-state index contributed by atoms with van der Waals surface area (Å²) in [6.07, 6.45) is 0. The molecular formula is C9H12BrNOS. The Labute approximate surface area is 90.7 Å². The van der Waals surface area contributed by atoms with Gasteiger partial charge in [0, 0.05) is 21.7 Å². The van der Waals surface area contributed by atoms with E-state index >= 15 is 0 Å². The Bertz CT molecular complexity index is 280. The molecule has 1 aromatic rings. The first kappa shape index (κ1) is 10.9. The Hall–Kier alpha value is -0.190. The number of anilines is 1. The van der Waals surface area contributed by atoms with Crippen molar-refractivity contribution in [3.8, 4) is 0 Å². The molecule has 0 unspecified atom stereocenters. The van der Waals surface area contributed by atoms with Crippen LogP contribution in [0.5, 0.6) is 0 Å². The molecule has 0 heterocycles. The molecule has 1 aromatic carbocycles. The van der Waals surface area contributed by atoms with Crippen molar-refractivity contribution in [3.63, 3.8) is 0 Å². The highest BCUT2D eigenvalue weighted by atomic mass is 79.9. The van der Waals surface area contributed by atoms with Gasteiger partial charge in [-0.2, -0.15) is 11.8 Å². The number of rotatable bonds is 4. The van der Waals surface area contributed by atoms with Crippen LogP contribution >= 0.6 is 27.7 Å². The quantitative estimate of drug-likeness (QED) is 0.646. The maximum absolute atomic E-state index is 8.61. The molecule has 0 aliphatic heterocycles. The van der Waals surface area contributed by atoms with E-state index in [1.165, 1.54) is 5.56 Å². The summed E-state index contributed by atoms with van der Waals surface area (Å²) in [5, 5.41) is 8.61. The number of benzene rings is 1. The molecule has 13 heavy (non-hydrogen) atoms. The zero-order chi connectivity index (χ0) is 9.68. The van der Waals surface area contributed by atoms with E-state index < -0.39 is 0 Å². The van der Waals surface area contributed by atoms with Gasteiger partial charge in [-0.05, 0) is 27.6 Å². The minimum Gasteiger partial charge on any atom is -0.398 e. The van der Waals surface area contributed by atoms with Gasteiger partial charge in [0.15, 0.2) is 0 Å². The molecular weight excluding hydrogens is 250 g/mol. The summed E-state index contributed by atoms with van der Waals surface area (Å²) < 4.78 is 0.973. The smallest absolute Gasteiger partial charge is 0.0521 e. The van der Waals surface area contributed by atoms with Crippen LogP contribution in [0.2, 0.25) is 0 Å². The van der Waals surface area contributed by atoms with Gasteiger partial charge in [-0.15, -0.1) is 0 Å². The Morgan fingerprint density at radius 2 is 2.23 bits per heavy atom. The maximum Gasteiger partial charge on any atom is 0.0521 e. The molecule has 0 saturated carbocycles. The minimum atomic E-state index is 0.227. The van der Waals surface area contributed by atoms with Crippen LogP contribution in [-0.4, -0.2) is 17.5 Å². The topological polar surface area (TPSA) is 46.2 Å². The summed E-state index contributed by atoms with van der Waals surface area (Å²) in [6, 6.07) is 5.84. The fraction of sp³-hybridized carbons (Fsp3) is 0.333. The standard InChI is InChI=1S/C9H12BrNOS/c10-9-7(6-13-5-4-12)2-1-3-8(9)11/h1-3,12H,4-6,11H2. The fourth-order valence-electron chi connectivity index (χ4n) is 0.958. The predicted octanol–water partition coefficient (Wildman–Crippen LogP) is 2.26. The Morgan fingerprint density at radius 1 is 1.46 bits per heavy atom. The zero-order valence-electron chi connectivity index (χ0n) is 7.16. The number of thioether (sulfide) groups is 1. The predicted molar refractivity (Wildman–Crippen MR) is 61.8 cm³/mol. The van der Waals surface area contributed by atoms with E-state index in [1.54, 1.807) is 11.8 Å². The third-order valence-electron chi connectivity index (χ3n) is 1.60. The van der Waals surface area contributed by atoms with Crippen LogP contribution in [-0.2, 0) is 5.75 Å². The summed E-state index contributed by atoms with van der Waals surface area (Å²) in [5.41, 5.74) is 7.66. The second-order valence-electron chi connectivity index (χ2n) is 2.60. The summed E-state index contributed by atoms with van der Waals surface area (Å²) >= 11 is 5.13. The molecule has 72 valence electrons. The first-order valence-corrected chi connectivity index (χ1v) is 5.92. The molecule has 0 aliphatic carbocycles. The monoisotopic (exact) mass is 261 g/mol. The third-order valence-corrected chi connectivity index (χ3v) is 3.56. The number of nitrogens with two attached hydrogens (primary N) is 1. The molecule has 0 radical (unpaired) electrons. The van der Waals surface area contributed by atoms with Crippen molar-refractivity contribution in [3.05, 3.63) is 28.2 Å². The largest absolute Gasteiger partial charge is 0.398 e. The van der Waals surface area contributed by atoms with Crippen LogP contribution in [0.15, 0.2) is 22.7 Å². The van der Waals surface area contributed by atoms with Gasteiger partial charge < -0.3 is 10.8 Å². The molecule has 0 bridgehead atoms. The van der Waals surface area contributed by atoms with Gasteiger partial charge >= 0.3 is 0 Å². The van der Waals surface area contributed by atoms with Gasteiger partial charge in [0.25, 0.3) is 0 Å². The van der Waals surface area contributed by atoms with Crippen molar-refractivity contribution in [2.45, 2.75) is 5.75 Å². The molecule has 0 aromatic heterocycles. The lowest BCUT2D eigenvalue weighted by Crippen LogP contribution is -1.92. The van der Waals surface area contributed by atoms with Gasteiger partial charge in [0.1, 0.15) is 0 Å². The van der Waals surface area contributed by atoms with Crippen molar-refractivity contribution < 1.29 is 5.11 Å². The van der Waals surface area contributed by atoms with E-state index in [9.17, 15) is 0 Å². The van der Waals surface area contributed by atoms with Gasteiger partial charge in [-0.1, -0.05) is 12.1 Å². The number of nitrogen functional groups attached to an aromatic ring is 1. The van der Waals surface area contributed by atoms with Crippen molar-refractivity contribution >= 4 is 33.4 Å². The highest BCUT2D eigenvalue weighted by molar-refractivity contribution is 9.10. The Morgan fingerprint density at radius 3 is 2.92 bits per heavy atom. The average Bonchev–Trinajstić information content (AvgIpc) is 2.13. The first-order valence-electron chi connectivity index (χ1n) is 3.97. The average molecular weight is 262 g/mol. The summed E-state index contributed by atoms with van der Waals surface area (Å²) in [5.74, 6) is 1.65. The number of aliphatic hydroxyl groups is 1. The molecule has 1 rings (SSSR count). The van der Waals surface area contributed by atoms with E-state index in [2.05, 4.69) is 15.9 Å². The van der Waals surface area contributed by atoms with Gasteiger partial charge in [-0.25, -0.2) is 0 Å². The Balaban J connectivity index is 2.61. The van der Waals surface area contributed by atoms with Crippen molar-refractivity contribution in [1.29, 1.82) is 0 Å². The van der Waals surface area contributed by atoms with Crippen molar-refractivity contribution in [2.24, 2.45) is 0 Å². The highest BCUT2D eigenvalue weighted by Crippen LogP contribution is 2.26. The minimum absolute atomic E-state index is 0.227. The van der Waals surface area contributed by atoms with E-state index in [-0.39, 0.29) is 6.61 Å². The van der Waals surface area contributed by atoms with Gasteiger partial charge in [0.2, 0.25) is 0 Å². The van der Waals surface area contributed by atoms with Crippen LogP contribution < -0.4 is 5.73 Å². The first-order chi connectivity index (χ1) is 6.25. The van der Waals surface area contributed by atoms with Crippen LogP contribution in [0, 0.1) is 0 Å². The second kappa shape index (κ2) is 5.52. The third kappa shape index (κ3) is 3.21. The molecule has 3 N–H and O–H groups in total. The molecule has 0 atom stereocenters. The van der Waals surface area contributed by atoms with Crippen LogP contribution in [0.25, 0.3) is 0 Å². The SMILES string of the molecule is Nc1cccc(CSCCO)c1Br. The van der Waals surface area contributed by atoms with E-state index in [1.807, 2.05) is 18.2 Å². The van der Waals surface area contributed by atoms with Crippen molar-refractivity contribution in [2.75, 3.05) is 18.1 Å². The summed E-state index contributed by atoms with van der Waals surface area (Å²) in [4.78, 5) is 0. The van der Waals surface area contributed by atoms with Gasteiger partial charge in [-0.3, -0.25) is 0 Å². The second-order valence-corrected chi connectivity index (χ2v) is 4.49. The van der Waals surface area contributed by atoms with E-state index in [0.29, 0.717) is 0 Å². The zero-order valence-corrected chi connectivity index (χ0v) is 9.57. The number of hydrogen-bond acceptors (Lipinski definition) is 3. The van der Waals surface area contributed by atoms with Crippen LogP contribution in [0.4, 0.5) is 5.69 Å². The maximum atomic E-state index is 8.61. The molecule has 0 saturated heterocycles. The molecule has 2 nitrogen and oxygen atoms in total. The normalized spacial score (nSPS) is 10.3. The van der Waals surface area contributed by atoms with Crippen LogP contribution in [0.3, 0.4) is 0 Å². The lowest BCUT2D eigenvalue weighted by Gasteiger charge is -2.05. The van der Waals surface area contributed by atoms with E-state index in [0.717, 1.165) is 21.7 Å². The number of aliphatic hydroxyl groups excluding tert-OH is 1. The van der Waals surface area contributed by atoms with E-state index in [4.69, 9.17) is 10.8 Å². The Kier molecular flexibility index (Phi) is 4.62. The highest BCUT2D eigenvalue weighted by Gasteiger charge is 2.01. The van der Waals surface area contributed by atoms with Crippen LogP contribution in [0.1, 0.15) is 5.56 Å². The molecule has 0 spiro atoms. The molecule has 0 amide bonds. The molecule has 4 heteroatoms. The lowest BCUT2D eigenvalue weighted by atomic mass is 10.2. The molecule has 0 fully saturated rings. The van der Waals surface area contributed by atoms with Gasteiger partial charge in [0.05, 0.1) is 6.61 Å². The summed E-state index contributed by atoms with van der Waals surface area (Å²) in [6.45, 7) is 0.227. The summed E-state index contributed by atoms with van der Waals surface area (Å²) in [7, 11) is 0.